The summed E-state index contributed by atoms with van der Waals surface area (Å²) in [5.41, 5.74) is 7.89. The van der Waals surface area contributed by atoms with Crippen molar-refractivity contribution in [3.8, 4) is 0 Å². The van der Waals surface area contributed by atoms with Gasteiger partial charge in [0.15, 0.2) is 0 Å². The molecule has 3 nitrogen and oxygen atoms in total. The number of anilines is 1. The first kappa shape index (κ1) is 8.51. The first-order chi connectivity index (χ1) is 6.27. The van der Waals surface area contributed by atoms with Crippen LogP contribution < -0.4 is 10.6 Å². The van der Waals surface area contributed by atoms with E-state index in [9.17, 15) is 0 Å². The number of nitrogens with two attached hydrogens (primary N) is 1. The molecule has 3 heteroatoms. The van der Waals surface area contributed by atoms with Gasteiger partial charge < -0.3 is 10.6 Å². The minimum absolute atomic E-state index is 0.0328. The summed E-state index contributed by atoms with van der Waals surface area (Å²) >= 11 is 0. The highest BCUT2D eigenvalue weighted by molar-refractivity contribution is 5.46. The van der Waals surface area contributed by atoms with E-state index in [0.29, 0.717) is 0 Å². The Kier molecular flexibility index (Phi) is 2.19. The van der Waals surface area contributed by atoms with Gasteiger partial charge in [0.2, 0.25) is 0 Å². The molecular weight excluding hydrogens is 162 g/mol. The van der Waals surface area contributed by atoms with Crippen LogP contribution in [-0.2, 0) is 0 Å². The molecule has 70 valence electrons. The van der Waals surface area contributed by atoms with Gasteiger partial charge in [0.25, 0.3) is 0 Å². The molecule has 1 aliphatic heterocycles. The van der Waals surface area contributed by atoms with Crippen LogP contribution in [0.5, 0.6) is 0 Å². The Bertz CT molecular complexity index is 275. The largest absolute Gasteiger partial charge is 0.370 e. The van der Waals surface area contributed by atoms with E-state index in [1.54, 1.807) is 0 Å². The number of hydrogen-bond donors (Lipinski definition) is 1. The number of nitrogens with zero attached hydrogens (tertiary/aromatic N) is 2. The molecule has 1 fully saturated rings. The van der Waals surface area contributed by atoms with Crippen molar-refractivity contribution in [2.45, 2.75) is 19.4 Å². The van der Waals surface area contributed by atoms with Gasteiger partial charge in [0.1, 0.15) is 0 Å². The van der Waals surface area contributed by atoms with Crippen LogP contribution >= 0.6 is 0 Å². The Balaban J connectivity index is 2.13. The molecule has 2 rings (SSSR count). The van der Waals surface area contributed by atoms with Crippen LogP contribution in [0.15, 0.2) is 18.3 Å². The van der Waals surface area contributed by atoms with E-state index in [-0.39, 0.29) is 6.04 Å². The van der Waals surface area contributed by atoms with E-state index in [1.165, 1.54) is 25.2 Å². The third-order valence-corrected chi connectivity index (χ3v) is 2.46. The standard InChI is InChI=1S/C10H15N3/c1-8(11)10-4-3-9(7-12-10)13-5-2-6-13/h3-4,7-8H,2,5-6,11H2,1H3/t8-/m1/s1. The highest BCUT2D eigenvalue weighted by Crippen LogP contribution is 2.20. The summed E-state index contributed by atoms with van der Waals surface area (Å²) < 4.78 is 0. The second-order valence-corrected chi connectivity index (χ2v) is 3.57. The Morgan fingerprint density at radius 2 is 2.23 bits per heavy atom. The molecule has 2 heterocycles. The van der Waals surface area contributed by atoms with Crippen molar-refractivity contribution in [2.24, 2.45) is 5.73 Å². The predicted octanol–water partition coefficient (Wildman–Crippen LogP) is 1.31. The lowest BCUT2D eigenvalue weighted by atomic mass is 10.2. The van der Waals surface area contributed by atoms with Gasteiger partial charge in [-0.15, -0.1) is 0 Å². The van der Waals surface area contributed by atoms with Gasteiger partial charge in [-0.2, -0.15) is 0 Å². The zero-order valence-corrected chi connectivity index (χ0v) is 7.90. The lowest BCUT2D eigenvalue weighted by Crippen LogP contribution is -2.37. The van der Waals surface area contributed by atoms with Crippen molar-refractivity contribution < 1.29 is 0 Å². The first-order valence-electron chi connectivity index (χ1n) is 4.74. The molecule has 0 bridgehead atoms. The quantitative estimate of drug-likeness (QED) is 0.740. The molecule has 0 radical (unpaired) electrons. The van der Waals surface area contributed by atoms with Crippen molar-refractivity contribution >= 4 is 5.69 Å². The van der Waals surface area contributed by atoms with Crippen molar-refractivity contribution in [1.29, 1.82) is 0 Å². The Labute approximate surface area is 78.6 Å². The molecule has 0 spiro atoms. The minimum Gasteiger partial charge on any atom is -0.370 e. The molecule has 0 aliphatic carbocycles. The molecule has 1 atom stereocenters. The lowest BCUT2D eigenvalue weighted by molar-refractivity contribution is 0.616. The predicted molar refractivity (Wildman–Crippen MR) is 53.7 cm³/mol. The minimum atomic E-state index is 0.0328. The van der Waals surface area contributed by atoms with Crippen LogP contribution in [0.3, 0.4) is 0 Å². The molecule has 1 saturated heterocycles. The van der Waals surface area contributed by atoms with Crippen LogP contribution in [0.1, 0.15) is 25.1 Å². The summed E-state index contributed by atoms with van der Waals surface area (Å²) in [5.74, 6) is 0. The van der Waals surface area contributed by atoms with Crippen LogP contribution in [0, 0.1) is 0 Å². The second-order valence-electron chi connectivity index (χ2n) is 3.57. The van der Waals surface area contributed by atoms with Crippen molar-refractivity contribution in [3.63, 3.8) is 0 Å². The van der Waals surface area contributed by atoms with Crippen molar-refractivity contribution in [1.82, 2.24) is 4.98 Å². The number of hydrogen-bond acceptors (Lipinski definition) is 3. The van der Waals surface area contributed by atoms with Gasteiger partial charge in [-0.3, -0.25) is 4.98 Å². The average Bonchev–Trinajstić information content (AvgIpc) is 2.02. The fourth-order valence-electron chi connectivity index (χ4n) is 1.43. The summed E-state index contributed by atoms with van der Waals surface area (Å²) in [6.07, 6.45) is 3.22. The molecule has 2 N–H and O–H groups in total. The van der Waals surface area contributed by atoms with Crippen LogP contribution in [0.2, 0.25) is 0 Å². The van der Waals surface area contributed by atoms with E-state index in [4.69, 9.17) is 5.73 Å². The Morgan fingerprint density at radius 3 is 2.62 bits per heavy atom. The maximum Gasteiger partial charge on any atom is 0.0569 e. The summed E-state index contributed by atoms with van der Waals surface area (Å²) in [4.78, 5) is 6.63. The molecule has 0 unspecified atom stereocenters. The van der Waals surface area contributed by atoms with E-state index in [1.807, 2.05) is 19.2 Å². The maximum atomic E-state index is 5.71. The summed E-state index contributed by atoms with van der Waals surface area (Å²) in [5, 5.41) is 0. The molecule has 0 aromatic carbocycles. The van der Waals surface area contributed by atoms with E-state index < -0.39 is 0 Å². The number of pyridine rings is 1. The SMILES string of the molecule is C[C@@H](N)c1ccc(N2CCC2)cn1. The van der Waals surface area contributed by atoms with Gasteiger partial charge in [0.05, 0.1) is 17.6 Å². The lowest BCUT2D eigenvalue weighted by Gasteiger charge is -2.32. The molecule has 1 aliphatic rings. The summed E-state index contributed by atoms with van der Waals surface area (Å²) in [7, 11) is 0. The third-order valence-electron chi connectivity index (χ3n) is 2.46. The van der Waals surface area contributed by atoms with Crippen molar-refractivity contribution in [3.05, 3.63) is 24.0 Å². The van der Waals surface area contributed by atoms with Crippen molar-refractivity contribution in [2.75, 3.05) is 18.0 Å². The molecule has 0 amide bonds. The highest BCUT2D eigenvalue weighted by atomic mass is 15.2. The fraction of sp³-hybridized carbons (Fsp3) is 0.500. The highest BCUT2D eigenvalue weighted by Gasteiger charge is 2.14. The Morgan fingerprint density at radius 1 is 1.46 bits per heavy atom. The monoisotopic (exact) mass is 177 g/mol. The zero-order valence-electron chi connectivity index (χ0n) is 7.90. The topological polar surface area (TPSA) is 42.1 Å². The fourth-order valence-corrected chi connectivity index (χ4v) is 1.43. The van der Waals surface area contributed by atoms with E-state index >= 15 is 0 Å². The van der Waals surface area contributed by atoms with Crippen LogP contribution in [0.25, 0.3) is 0 Å². The smallest absolute Gasteiger partial charge is 0.0569 e. The summed E-state index contributed by atoms with van der Waals surface area (Å²) in [6, 6.07) is 4.15. The molecular formula is C10H15N3. The maximum absolute atomic E-state index is 5.71. The normalized spacial score (nSPS) is 18.2. The third kappa shape index (κ3) is 1.65. The number of aromatic nitrogens is 1. The van der Waals surface area contributed by atoms with Gasteiger partial charge in [-0.25, -0.2) is 0 Å². The van der Waals surface area contributed by atoms with Crippen LogP contribution in [-0.4, -0.2) is 18.1 Å². The second kappa shape index (κ2) is 3.34. The molecule has 1 aromatic heterocycles. The first-order valence-corrected chi connectivity index (χ1v) is 4.74. The van der Waals surface area contributed by atoms with Gasteiger partial charge >= 0.3 is 0 Å². The van der Waals surface area contributed by atoms with E-state index in [0.717, 1.165) is 5.69 Å². The Hall–Kier alpha value is -1.09. The summed E-state index contributed by atoms with van der Waals surface area (Å²) in [6.45, 7) is 4.28. The van der Waals surface area contributed by atoms with Gasteiger partial charge in [-0.1, -0.05) is 0 Å². The van der Waals surface area contributed by atoms with Gasteiger partial charge in [-0.05, 0) is 25.5 Å². The molecule has 1 aromatic rings. The molecule has 13 heavy (non-hydrogen) atoms. The number of rotatable bonds is 2. The van der Waals surface area contributed by atoms with Gasteiger partial charge in [0, 0.05) is 19.1 Å². The van der Waals surface area contributed by atoms with Crippen LogP contribution in [0.4, 0.5) is 5.69 Å². The zero-order chi connectivity index (χ0) is 9.26. The van der Waals surface area contributed by atoms with E-state index in [2.05, 4.69) is 16.0 Å². The average molecular weight is 177 g/mol. The molecule has 0 saturated carbocycles.